The average Bonchev–Trinajstić information content (AvgIpc) is 2.67. The Morgan fingerprint density at radius 3 is 2.48 bits per heavy atom. The third-order valence-corrected chi connectivity index (χ3v) is 7.95. The number of thioether (sulfide) groups is 1. The molecule has 9 heteroatoms. The van der Waals surface area contributed by atoms with Gasteiger partial charge in [0, 0.05) is 31.4 Å². The molecule has 2 atom stereocenters. The average molecular weight is 414 g/mol. The van der Waals surface area contributed by atoms with E-state index in [-0.39, 0.29) is 22.9 Å². The first-order valence-electron chi connectivity index (χ1n) is 9.37. The molecule has 2 aliphatic heterocycles. The normalized spacial score (nSPS) is 24.7. The lowest BCUT2D eigenvalue weighted by atomic mass is 9.98. The van der Waals surface area contributed by atoms with Crippen molar-refractivity contribution in [2.24, 2.45) is 0 Å². The smallest absolute Gasteiger partial charge is 0.244 e. The Bertz CT molecular complexity index is 738. The van der Waals surface area contributed by atoms with E-state index in [9.17, 15) is 13.2 Å². The van der Waals surface area contributed by atoms with Crippen LogP contribution in [-0.4, -0.2) is 72.7 Å². The highest BCUT2D eigenvalue weighted by molar-refractivity contribution is 7.99. The number of carbonyl (C=O) groups is 1. The molecule has 0 saturated carbocycles. The van der Waals surface area contributed by atoms with Crippen LogP contribution in [0.5, 0.6) is 0 Å². The molecule has 0 spiro atoms. The Balaban J connectivity index is 1.60. The van der Waals surface area contributed by atoms with Crippen LogP contribution in [0.15, 0.2) is 28.3 Å². The molecule has 2 saturated heterocycles. The summed E-state index contributed by atoms with van der Waals surface area (Å²) in [4.78, 5) is 19.0. The van der Waals surface area contributed by atoms with Crippen molar-refractivity contribution in [2.75, 3.05) is 32.1 Å². The zero-order chi connectivity index (χ0) is 19.4. The summed E-state index contributed by atoms with van der Waals surface area (Å²) >= 11 is 1.35. The highest BCUT2D eigenvalue weighted by atomic mass is 32.2. The van der Waals surface area contributed by atoms with Crippen LogP contribution in [0.25, 0.3) is 0 Å². The number of ether oxygens (including phenoxy) is 1. The molecule has 3 rings (SSSR count). The minimum Gasteiger partial charge on any atom is -0.379 e. The molecule has 3 heterocycles. The van der Waals surface area contributed by atoms with Gasteiger partial charge >= 0.3 is 0 Å². The van der Waals surface area contributed by atoms with Gasteiger partial charge in [-0.05, 0) is 45.2 Å². The maximum atomic E-state index is 12.6. The molecule has 0 aromatic carbocycles. The number of hydrogen-bond acceptors (Lipinski definition) is 6. The third-order valence-electron chi connectivity index (χ3n) is 5.14. The highest BCUT2D eigenvalue weighted by Crippen LogP contribution is 2.25. The monoisotopic (exact) mass is 413 g/mol. The number of pyridine rings is 1. The van der Waals surface area contributed by atoms with E-state index in [1.54, 1.807) is 12.1 Å². The van der Waals surface area contributed by atoms with Crippen molar-refractivity contribution in [3.8, 4) is 0 Å². The minimum absolute atomic E-state index is 0.117. The molecule has 0 unspecified atom stereocenters. The van der Waals surface area contributed by atoms with Gasteiger partial charge in [-0.15, -0.1) is 0 Å². The molecule has 2 fully saturated rings. The van der Waals surface area contributed by atoms with Gasteiger partial charge < -0.3 is 9.64 Å². The van der Waals surface area contributed by atoms with Gasteiger partial charge in [0.2, 0.25) is 15.9 Å². The summed E-state index contributed by atoms with van der Waals surface area (Å²) in [5.41, 5.74) is 0. The van der Waals surface area contributed by atoms with Crippen molar-refractivity contribution in [2.45, 2.75) is 55.1 Å². The van der Waals surface area contributed by atoms with E-state index in [1.807, 2.05) is 4.90 Å². The van der Waals surface area contributed by atoms with Crippen LogP contribution >= 0.6 is 11.8 Å². The first-order chi connectivity index (χ1) is 12.9. The molecule has 150 valence electrons. The van der Waals surface area contributed by atoms with E-state index in [4.69, 9.17) is 4.74 Å². The van der Waals surface area contributed by atoms with Crippen molar-refractivity contribution in [3.05, 3.63) is 18.3 Å². The fourth-order valence-corrected chi connectivity index (χ4v) is 5.73. The molecule has 1 aromatic heterocycles. The largest absolute Gasteiger partial charge is 0.379 e. The van der Waals surface area contributed by atoms with Crippen molar-refractivity contribution < 1.29 is 17.9 Å². The second kappa shape index (κ2) is 8.89. The van der Waals surface area contributed by atoms with Gasteiger partial charge in [0.05, 0.1) is 24.0 Å². The molecule has 0 N–H and O–H groups in total. The Morgan fingerprint density at radius 1 is 1.22 bits per heavy atom. The van der Waals surface area contributed by atoms with Gasteiger partial charge in [-0.2, -0.15) is 4.31 Å². The maximum Gasteiger partial charge on any atom is 0.244 e. The molecule has 0 aliphatic carbocycles. The summed E-state index contributed by atoms with van der Waals surface area (Å²) in [7, 11) is -3.54. The lowest BCUT2D eigenvalue weighted by Gasteiger charge is -2.39. The summed E-state index contributed by atoms with van der Waals surface area (Å²) in [5, 5.41) is 0.654. The van der Waals surface area contributed by atoms with Crippen molar-refractivity contribution in [3.63, 3.8) is 0 Å². The fraction of sp³-hybridized carbons (Fsp3) is 0.667. The van der Waals surface area contributed by atoms with Crippen molar-refractivity contribution in [1.82, 2.24) is 14.2 Å². The van der Waals surface area contributed by atoms with E-state index in [2.05, 4.69) is 18.8 Å². The Hall–Kier alpha value is -1.16. The quantitative estimate of drug-likeness (QED) is 0.687. The first-order valence-corrected chi connectivity index (χ1v) is 11.8. The molecule has 1 amide bonds. The SMILES string of the molecule is C[C@H]1CCC[C@H](C)N1C(=O)CSc1ccc(S(=O)(=O)N2CCOCC2)cn1. The van der Waals surface area contributed by atoms with Crippen LogP contribution in [0.1, 0.15) is 33.1 Å². The van der Waals surface area contributed by atoms with Gasteiger partial charge in [0.1, 0.15) is 4.90 Å². The summed E-state index contributed by atoms with van der Waals surface area (Å²) in [6, 6.07) is 3.79. The highest BCUT2D eigenvalue weighted by Gasteiger charge is 2.29. The number of piperidine rings is 1. The predicted octanol–water partition coefficient (Wildman–Crippen LogP) is 1.98. The zero-order valence-corrected chi connectivity index (χ0v) is 17.5. The lowest BCUT2D eigenvalue weighted by molar-refractivity contribution is -0.134. The number of aromatic nitrogens is 1. The van der Waals surface area contributed by atoms with Crippen LogP contribution < -0.4 is 0 Å². The van der Waals surface area contributed by atoms with Gasteiger partial charge in [-0.1, -0.05) is 11.8 Å². The number of morpholine rings is 1. The fourth-order valence-electron chi connectivity index (χ4n) is 3.66. The van der Waals surface area contributed by atoms with Crippen molar-refractivity contribution >= 4 is 27.7 Å². The van der Waals surface area contributed by atoms with Gasteiger partial charge in [-0.25, -0.2) is 13.4 Å². The van der Waals surface area contributed by atoms with E-state index in [0.29, 0.717) is 37.1 Å². The number of amides is 1. The van der Waals surface area contributed by atoms with Crippen LogP contribution in [0.3, 0.4) is 0 Å². The van der Waals surface area contributed by atoms with E-state index < -0.39 is 10.0 Å². The standard InChI is InChI=1S/C18H27N3O4S2/c1-14-4-3-5-15(2)21(14)18(22)13-26-17-7-6-16(12-19-17)27(23,24)20-8-10-25-11-9-20/h6-7,12,14-15H,3-5,8-11,13H2,1-2H3/t14-,15-/m0/s1. The molecule has 7 nitrogen and oxygen atoms in total. The number of carbonyl (C=O) groups excluding carboxylic acids is 1. The number of nitrogens with zero attached hydrogens (tertiary/aromatic N) is 3. The third kappa shape index (κ3) is 4.82. The summed E-state index contributed by atoms with van der Waals surface area (Å²) in [5.74, 6) is 0.434. The van der Waals surface area contributed by atoms with Crippen LogP contribution in [0.2, 0.25) is 0 Å². The van der Waals surface area contributed by atoms with Crippen LogP contribution in [-0.2, 0) is 19.6 Å². The second-order valence-corrected chi connectivity index (χ2v) is 10.0. The van der Waals surface area contributed by atoms with E-state index in [1.165, 1.54) is 28.7 Å². The molecule has 1 aromatic rings. The molecule has 0 radical (unpaired) electrons. The molecular weight excluding hydrogens is 386 g/mol. The Morgan fingerprint density at radius 2 is 1.89 bits per heavy atom. The first kappa shape index (κ1) is 20.6. The second-order valence-electron chi connectivity index (χ2n) is 7.07. The number of sulfonamides is 1. The molecule has 27 heavy (non-hydrogen) atoms. The number of rotatable bonds is 5. The number of hydrogen-bond donors (Lipinski definition) is 0. The topological polar surface area (TPSA) is 79.8 Å². The van der Waals surface area contributed by atoms with E-state index >= 15 is 0 Å². The predicted molar refractivity (Wildman–Crippen MR) is 104 cm³/mol. The van der Waals surface area contributed by atoms with Crippen LogP contribution in [0.4, 0.5) is 0 Å². The van der Waals surface area contributed by atoms with Crippen molar-refractivity contribution in [1.29, 1.82) is 0 Å². The zero-order valence-electron chi connectivity index (χ0n) is 15.8. The van der Waals surface area contributed by atoms with E-state index in [0.717, 1.165) is 12.8 Å². The van der Waals surface area contributed by atoms with Gasteiger partial charge in [0.15, 0.2) is 0 Å². The maximum absolute atomic E-state index is 12.6. The molecule has 0 bridgehead atoms. The summed E-state index contributed by atoms with van der Waals surface area (Å²) < 4.78 is 31.8. The summed E-state index contributed by atoms with van der Waals surface area (Å²) in [6.45, 7) is 5.74. The Kier molecular flexibility index (Phi) is 6.78. The molecule has 2 aliphatic rings. The minimum atomic E-state index is -3.54. The van der Waals surface area contributed by atoms with Gasteiger partial charge in [-0.3, -0.25) is 4.79 Å². The summed E-state index contributed by atoms with van der Waals surface area (Å²) in [6.07, 6.45) is 4.64. The number of likely N-dealkylation sites (tertiary alicyclic amines) is 1. The Labute approximate surface area is 165 Å². The molecular formula is C18H27N3O4S2. The van der Waals surface area contributed by atoms with Crippen LogP contribution in [0, 0.1) is 0 Å². The lowest BCUT2D eigenvalue weighted by Crippen LogP contribution is -2.48. The van der Waals surface area contributed by atoms with Gasteiger partial charge in [0.25, 0.3) is 0 Å².